The Morgan fingerprint density at radius 3 is 2.62 bits per heavy atom. The summed E-state index contributed by atoms with van der Waals surface area (Å²) in [6.45, 7) is 3.92. The van der Waals surface area contributed by atoms with Crippen LogP contribution in [0.4, 0.5) is 0 Å². The van der Waals surface area contributed by atoms with E-state index >= 15 is 0 Å². The zero-order valence-electron chi connectivity index (χ0n) is 10.0. The van der Waals surface area contributed by atoms with Gasteiger partial charge in [-0.2, -0.15) is 4.98 Å². The molecular formula is C11H19N3O2. The number of methoxy groups -OCH3 is 1. The molecule has 5 nitrogen and oxygen atoms in total. The third-order valence-electron chi connectivity index (χ3n) is 3.19. The molecule has 0 spiro atoms. The summed E-state index contributed by atoms with van der Waals surface area (Å²) < 4.78 is 10.6. The highest BCUT2D eigenvalue weighted by Crippen LogP contribution is 2.42. The van der Waals surface area contributed by atoms with E-state index in [1.54, 1.807) is 7.11 Å². The van der Waals surface area contributed by atoms with Gasteiger partial charge in [0.25, 0.3) is 0 Å². The first-order chi connectivity index (χ1) is 7.63. The molecule has 0 amide bonds. The van der Waals surface area contributed by atoms with Crippen LogP contribution in [0, 0.1) is 5.92 Å². The smallest absolute Gasteiger partial charge is 0.231 e. The van der Waals surface area contributed by atoms with Crippen molar-refractivity contribution < 1.29 is 9.26 Å². The molecule has 0 bridgehead atoms. The average molecular weight is 225 g/mol. The van der Waals surface area contributed by atoms with Crippen LogP contribution in [-0.2, 0) is 4.74 Å². The number of hydrogen-bond donors (Lipinski definition) is 1. The maximum absolute atomic E-state index is 5.80. The minimum absolute atomic E-state index is 0.00946. The van der Waals surface area contributed by atoms with Crippen molar-refractivity contribution in [2.75, 3.05) is 7.11 Å². The number of ether oxygens (including phenoxy) is 1. The fraction of sp³-hybridized carbons (Fsp3) is 0.818. The third-order valence-corrected chi connectivity index (χ3v) is 3.19. The van der Waals surface area contributed by atoms with Crippen molar-refractivity contribution in [1.29, 1.82) is 0 Å². The largest absolute Gasteiger partial charge is 0.373 e. The van der Waals surface area contributed by atoms with E-state index in [-0.39, 0.29) is 18.1 Å². The van der Waals surface area contributed by atoms with Gasteiger partial charge in [-0.1, -0.05) is 12.1 Å². The summed E-state index contributed by atoms with van der Waals surface area (Å²) >= 11 is 0. The van der Waals surface area contributed by atoms with E-state index in [4.69, 9.17) is 15.0 Å². The average Bonchev–Trinajstić information content (AvgIpc) is 2.96. The van der Waals surface area contributed by atoms with Crippen molar-refractivity contribution in [2.45, 2.75) is 44.8 Å². The van der Waals surface area contributed by atoms with Crippen LogP contribution in [0.25, 0.3) is 0 Å². The van der Waals surface area contributed by atoms with Gasteiger partial charge in [0, 0.05) is 13.2 Å². The van der Waals surface area contributed by atoms with Gasteiger partial charge in [0.05, 0.1) is 5.92 Å². The SMILES string of the molecule is COC(c1noc(C(C)C(C)N)n1)C1CC1. The van der Waals surface area contributed by atoms with E-state index in [2.05, 4.69) is 10.1 Å². The molecule has 1 aromatic rings. The van der Waals surface area contributed by atoms with E-state index in [0.717, 1.165) is 0 Å². The number of nitrogens with zero attached hydrogens (tertiary/aromatic N) is 2. The molecule has 2 N–H and O–H groups in total. The predicted octanol–water partition coefficient (Wildman–Crippen LogP) is 1.62. The van der Waals surface area contributed by atoms with E-state index in [1.807, 2.05) is 13.8 Å². The zero-order chi connectivity index (χ0) is 11.7. The summed E-state index contributed by atoms with van der Waals surface area (Å²) in [4.78, 5) is 4.38. The Hall–Kier alpha value is -0.940. The topological polar surface area (TPSA) is 74.2 Å². The number of nitrogens with two attached hydrogens (primary N) is 1. The van der Waals surface area contributed by atoms with Crippen molar-refractivity contribution >= 4 is 0 Å². The minimum Gasteiger partial charge on any atom is -0.373 e. The summed E-state index contributed by atoms with van der Waals surface area (Å²) in [6, 6.07) is 0.00946. The molecule has 90 valence electrons. The molecular weight excluding hydrogens is 206 g/mol. The predicted molar refractivity (Wildman–Crippen MR) is 58.8 cm³/mol. The Bertz CT molecular complexity index is 347. The first-order valence-electron chi connectivity index (χ1n) is 5.75. The lowest BCUT2D eigenvalue weighted by atomic mass is 10.1. The maximum atomic E-state index is 5.80. The quantitative estimate of drug-likeness (QED) is 0.824. The Morgan fingerprint density at radius 2 is 2.12 bits per heavy atom. The molecule has 1 aliphatic rings. The van der Waals surface area contributed by atoms with Crippen LogP contribution in [-0.4, -0.2) is 23.3 Å². The van der Waals surface area contributed by atoms with Crippen molar-refractivity contribution in [3.05, 3.63) is 11.7 Å². The summed E-state index contributed by atoms with van der Waals surface area (Å²) in [5, 5.41) is 3.99. The molecule has 0 aromatic carbocycles. The van der Waals surface area contributed by atoms with Crippen LogP contribution >= 0.6 is 0 Å². The lowest BCUT2D eigenvalue weighted by molar-refractivity contribution is 0.0751. The Morgan fingerprint density at radius 1 is 1.44 bits per heavy atom. The van der Waals surface area contributed by atoms with Gasteiger partial charge in [0.2, 0.25) is 11.7 Å². The van der Waals surface area contributed by atoms with Crippen LogP contribution in [0.15, 0.2) is 4.52 Å². The van der Waals surface area contributed by atoms with Crippen molar-refractivity contribution in [1.82, 2.24) is 10.1 Å². The van der Waals surface area contributed by atoms with Crippen molar-refractivity contribution in [3.63, 3.8) is 0 Å². The van der Waals surface area contributed by atoms with Gasteiger partial charge in [0.15, 0.2) is 0 Å². The monoisotopic (exact) mass is 225 g/mol. The lowest BCUT2D eigenvalue weighted by Crippen LogP contribution is -2.22. The standard InChI is InChI=1S/C11H19N3O2/c1-6(7(2)12)11-13-10(14-16-11)9(15-3)8-4-5-8/h6-9H,4-5,12H2,1-3H3. The van der Waals surface area contributed by atoms with Crippen molar-refractivity contribution in [3.8, 4) is 0 Å². The number of aromatic nitrogens is 2. The highest BCUT2D eigenvalue weighted by molar-refractivity contribution is 5.01. The molecule has 3 atom stereocenters. The zero-order valence-corrected chi connectivity index (χ0v) is 10.0. The lowest BCUT2D eigenvalue weighted by Gasteiger charge is -2.10. The normalized spacial score (nSPS) is 21.8. The highest BCUT2D eigenvalue weighted by atomic mass is 16.5. The van der Waals surface area contributed by atoms with E-state index in [9.17, 15) is 0 Å². The van der Waals surface area contributed by atoms with Crippen LogP contribution < -0.4 is 5.73 Å². The molecule has 1 fully saturated rings. The maximum Gasteiger partial charge on any atom is 0.231 e. The summed E-state index contributed by atoms with van der Waals surface area (Å²) in [5.74, 6) is 1.90. The molecule has 1 aliphatic carbocycles. The second-order valence-corrected chi connectivity index (χ2v) is 4.63. The van der Waals surface area contributed by atoms with Crippen LogP contribution in [0.3, 0.4) is 0 Å². The molecule has 2 rings (SSSR count). The Kier molecular flexibility index (Phi) is 3.25. The first-order valence-corrected chi connectivity index (χ1v) is 5.75. The Balaban J connectivity index is 2.11. The molecule has 16 heavy (non-hydrogen) atoms. The molecule has 1 aromatic heterocycles. The Labute approximate surface area is 95.3 Å². The molecule has 0 radical (unpaired) electrons. The van der Waals surface area contributed by atoms with E-state index in [0.29, 0.717) is 17.6 Å². The van der Waals surface area contributed by atoms with Gasteiger partial charge in [-0.05, 0) is 25.7 Å². The minimum atomic E-state index is -0.0159. The number of rotatable bonds is 5. The molecule has 5 heteroatoms. The van der Waals surface area contributed by atoms with E-state index < -0.39 is 0 Å². The fourth-order valence-corrected chi connectivity index (χ4v) is 1.68. The van der Waals surface area contributed by atoms with Gasteiger partial charge < -0.3 is 15.0 Å². The van der Waals surface area contributed by atoms with Gasteiger partial charge >= 0.3 is 0 Å². The van der Waals surface area contributed by atoms with Crippen LogP contribution in [0.1, 0.15) is 50.4 Å². The van der Waals surface area contributed by atoms with Gasteiger partial charge in [-0.15, -0.1) is 0 Å². The van der Waals surface area contributed by atoms with Crippen LogP contribution in [0.5, 0.6) is 0 Å². The second kappa shape index (κ2) is 4.51. The van der Waals surface area contributed by atoms with Gasteiger partial charge in [0.1, 0.15) is 6.10 Å². The molecule has 0 saturated heterocycles. The molecule has 0 aliphatic heterocycles. The molecule has 3 unspecified atom stereocenters. The summed E-state index contributed by atoms with van der Waals surface area (Å²) in [5.41, 5.74) is 5.80. The second-order valence-electron chi connectivity index (χ2n) is 4.63. The third kappa shape index (κ3) is 2.25. The van der Waals surface area contributed by atoms with Gasteiger partial charge in [-0.3, -0.25) is 0 Å². The molecule has 1 saturated carbocycles. The van der Waals surface area contributed by atoms with Crippen molar-refractivity contribution in [2.24, 2.45) is 11.7 Å². The van der Waals surface area contributed by atoms with Crippen LogP contribution in [0.2, 0.25) is 0 Å². The summed E-state index contributed by atoms with van der Waals surface area (Å²) in [7, 11) is 1.69. The van der Waals surface area contributed by atoms with E-state index in [1.165, 1.54) is 12.8 Å². The molecule has 1 heterocycles. The van der Waals surface area contributed by atoms with Gasteiger partial charge in [-0.25, -0.2) is 0 Å². The number of hydrogen-bond acceptors (Lipinski definition) is 5. The summed E-state index contributed by atoms with van der Waals surface area (Å²) in [6.07, 6.45) is 2.36. The fourth-order valence-electron chi connectivity index (χ4n) is 1.68. The first kappa shape index (κ1) is 11.5. The highest BCUT2D eigenvalue weighted by Gasteiger charge is 2.36.